The van der Waals surface area contributed by atoms with Gasteiger partial charge in [-0.3, -0.25) is 20.2 Å². The predicted molar refractivity (Wildman–Crippen MR) is 106 cm³/mol. The molecule has 3 rings (SSSR count). The van der Waals surface area contributed by atoms with Gasteiger partial charge in [0.2, 0.25) is 11.7 Å². The van der Waals surface area contributed by atoms with Crippen molar-refractivity contribution in [3.05, 3.63) is 47.3 Å². The van der Waals surface area contributed by atoms with Crippen LogP contribution in [0.1, 0.15) is 29.6 Å². The lowest BCUT2D eigenvalue weighted by molar-refractivity contribution is -0.133. The predicted octanol–water partition coefficient (Wildman–Crippen LogP) is 2.96. The molecule has 1 aromatic carbocycles. The fourth-order valence-electron chi connectivity index (χ4n) is 4.08. The highest BCUT2D eigenvalue weighted by Gasteiger charge is 2.52. The summed E-state index contributed by atoms with van der Waals surface area (Å²) in [5, 5.41) is 6.31. The second-order valence-electron chi connectivity index (χ2n) is 7.50. The van der Waals surface area contributed by atoms with Crippen LogP contribution in [0.4, 0.5) is 22.0 Å². The minimum Gasteiger partial charge on any atom is -0.306 e. The van der Waals surface area contributed by atoms with Crippen LogP contribution in [0.2, 0.25) is 0 Å². The van der Waals surface area contributed by atoms with E-state index in [0.717, 1.165) is 5.75 Å². The largest absolute Gasteiger partial charge is 0.306 e. The molecule has 170 valence electrons. The van der Waals surface area contributed by atoms with E-state index in [4.69, 9.17) is 0 Å². The van der Waals surface area contributed by atoms with Gasteiger partial charge in [0.15, 0.2) is 29.1 Å². The second-order valence-corrected chi connectivity index (χ2v) is 8.49. The van der Waals surface area contributed by atoms with Crippen molar-refractivity contribution in [2.75, 3.05) is 25.1 Å². The zero-order chi connectivity index (χ0) is 22.9. The number of hydrogen-bond acceptors (Lipinski definition) is 5. The van der Waals surface area contributed by atoms with E-state index in [-0.39, 0.29) is 31.8 Å². The van der Waals surface area contributed by atoms with Crippen LogP contribution in [0.5, 0.6) is 0 Å². The smallest absolute Gasteiger partial charge is 0.242 e. The summed E-state index contributed by atoms with van der Waals surface area (Å²) >= 11 is 1.59. The van der Waals surface area contributed by atoms with E-state index < -0.39 is 58.2 Å². The molecule has 0 bridgehead atoms. The molecule has 2 aliphatic heterocycles. The molecule has 31 heavy (non-hydrogen) atoms. The van der Waals surface area contributed by atoms with Gasteiger partial charge in [-0.2, -0.15) is 11.8 Å². The number of nitrogens with one attached hydrogen (secondary N) is 2. The number of amides is 1. The highest BCUT2D eigenvalue weighted by molar-refractivity contribution is 7.98. The zero-order valence-electron chi connectivity index (χ0n) is 16.7. The van der Waals surface area contributed by atoms with Gasteiger partial charge in [0.25, 0.3) is 0 Å². The molecule has 0 saturated carbocycles. The first kappa shape index (κ1) is 23.7. The summed E-state index contributed by atoms with van der Waals surface area (Å²) in [7, 11) is 0. The van der Waals surface area contributed by atoms with E-state index in [1.807, 2.05) is 6.26 Å². The highest BCUT2D eigenvalue weighted by atomic mass is 32.2. The van der Waals surface area contributed by atoms with Crippen LogP contribution in [0, 0.1) is 35.0 Å². The van der Waals surface area contributed by atoms with Gasteiger partial charge in [0.05, 0.1) is 11.6 Å². The van der Waals surface area contributed by atoms with Crippen molar-refractivity contribution in [1.29, 1.82) is 0 Å². The van der Waals surface area contributed by atoms with Gasteiger partial charge in [0.1, 0.15) is 5.79 Å². The summed E-state index contributed by atoms with van der Waals surface area (Å²) in [6.45, 7) is 3.79. The van der Waals surface area contributed by atoms with Crippen molar-refractivity contribution in [2.24, 2.45) is 5.92 Å². The third-order valence-electron chi connectivity index (χ3n) is 5.68. The van der Waals surface area contributed by atoms with Crippen LogP contribution in [-0.4, -0.2) is 53.5 Å². The number of nitrogens with zero attached hydrogens (tertiary/aromatic N) is 1. The van der Waals surface area contributed by atoms with Crippen LogP contribution in [-0.2, 0) is 4.79 Å². The van der Waals surface area contributed by atoms with Crippen LogP contribution in [0.15, 0.2) is 12.7 Å². The molecule has 3 atom stereocenters. The minimum atomic E-state index is -2.31. The number of halogens is 5. The maximum atomic E-state index is 14.0. The number of Topliss-reactive ketones (excluding diaryl/α,β-unsaturated/α-hetero) is 1. The van der Waals surface area contributed by atoms with Gasteiger partial charge in [-0.25, -0.2) is 22.0 Å². The minimum absolute atomic E-state index is 0.0779. The normalized spacial score (nSPS) is 26.0. The first-order valence-electron chi connectivity index (χ1n) is 9.68. The maximum Gasteiger partial charge on any atom is 0.242 e. The Bertz CT molecular complexity index is 876. The first-order valence-corrected chi connectivity index (χ1v) is 11.1. The third kappa shape index (κ3) is 4.10. The quantitative estimate of drug-likeness (QED) is 0.214. The molecular formula is C20H22F5N3O2S. The van der Waals surface area contributed by atoms with Crippen molar-refractivity contribution in [1.82, 2.24) is 15.5 Å². The molecule has 0 aromatic heterocycles. The van der Waals surface area contributed by atoms with Gasteiger partial charge in [-0.05, 0) is 31.3 Å². The fraction of sp³-hybridized carbons (Fsp3) is 0.500. The molecule has 0 radical (unpaired) electrons. The Kier molecular flexibility index (Phi) is 7.07. The molecule has 2 saturated heterocycles. The van der Waals surface area contributed by atoms with E-state index in [1.54, 1.807) is 22.7 Å². The monoisotopic (exact) mass is 463 g/mol. The SMILES string of the molecule is C=CCN1C(=O)C(CCSC)NC12CCC(C(=O)c1c(F)c(F)c(F)c(F)c1F)CN2. The molecule has 1 spiro atoms. The molecule has 2 aliphatic rings. The standard InChI is InChI=1S/C20H22F5N3O2S/c1-3-7-28-19(30)11(5-8-31-2)27-20(28)6-4-10(9-26-20)18(29)12-13(21)15(23)17(25)16(24)14(12)22/h3,10-11,26-27H,1,4-9H2,2H3. The van der Waals surface area contributed by atoms with Crippen LogP contribution in [0.25, 0.3) is 0 Å². The van der Waals surface area contributed by atoms with E-state index >= 15 is 0 Å². The Labute approximate surface area is 180 Å². The summed E-state index contributed by atoms with van der Waals surface area (Å²) in [4.78, 5) is 27.0. The van der Waals surface area contributed by atoms with E-state index in [9.17, 15) is 31.5 Å². The summed E-state index contributed by atoms with van der Waals surface area (Å²) in [5.74, 6) is -13.4. The number of rotatable bonds is 7. The number of carbonyl (C=O) groups is 2. The van der Waals surface area contributed by atoms with Crippen molar-refractivity contribution < 1.29 is 31.5 Å². The first-order chi connectivity index (χ1) is 14.7. The molecule has 5 nitrogen and oxygen atoms in total. The number of ketones is 1. The molecule has 2 N–H and O–H groups in total. The lowest BCUT2D eigenvalue weighted by Gasteiger charge is -2.43. The molecule has 1 amide bonds. The lowest BCUT2D eigenvalue weighted by Crippen LogP contribution is -2.66. The molecule has 0 aliphatic carbocycles. The topological polar surface area (TPSA) is 61.4 Å². The summed E-state index contributed by atoms with van der Waals surface area (Å²) in [6.07, 6.45) is 4.35. The fourth-order valence-corrected chi connectivity index (χ4v) is 4.55. The summed E-state index contributed by atoms with van der Waals surface area (Å²) < 4.78 is 68.4. The number of hydrogen-bond donors (Lipinski definition) is 2. The van der Waals surface area contributed by atoms with Gasteiger partial charge in [-0.1, -0.05) is 6.08 Å². The molecular weight excluding hydrogens is 441 g/mol. The average Bonchev–Trinajstić information content (AvgIpc) is 3.01. The summed E-state index contributed by atoms with van der Waals surface area (Å²) in [6, 6.07) is -0.442. The Balaban J connectivity index is 1.81. The Morgan fingerprint density at radius 1 is 1.19 bits per heavy atom. The van der Waals surface area contributed by atoms with Crippen molar-refractivity contribution >= 4 is 23.5 Å². The van der Waals surface area contributed by atoms with Crippen LogP contribution >= 0.6 is 11.8 Å². The Morgan fingerprint density at radius 3 is 2.32 bits per heavy atom. The molecule has 2 fully saturated rings. The second kappa shape index (κ2) is 9.25. The maximum absolute atomic E-state index is 14.0. The van der Waals surface area contributed by atoms with Gasteiger partial charge in [-0.15, -0.1) is 6.58 Å². The Hall–Kier alpha value is -1.98. The highest BCUT2D eigenvalue weighted by Crippen LogP contribution is 2.33. The van der Waals surface area contributed by atoms with Gasteiger partial charge in [0, 0.05) is 19.0 Å². The van der Waals surface area contributed by atoms with Crippen LogP contribution < -0.4 is 10.6 Å². The number of thioether (sulfide) groups is 1. The number of piperidine rings is 1. The molecule has 3 unspecified atom stereocenters. The van der Waals surface area contributed by atoms with Crippen molar-refractivity contribution in [3.63, 3.8) is 0 Å². The molecule has 1 aromatic rings. The van der Waals surface area contributed by atoms with Crippen molar-refractivity contribution in [2.45, 2.75) is 31.1 Å². The van der Waals surface area contributed by atoms with Gasteiger partial charge < -0.3 is 4.90 Å². The Morgan fingerprint density at radius 2 is 1.81 bits per heavy atom. The lowest BCUT2D eigenvalue weighted by atomic mass is 9.87. The van der Waals surface area contributed by atoms with E-state index in [0.29, 0.717) is 6.42 Å². The molecule has 11 heteroatoms. The number of benzene rings is 1. The van der Waals surface area contributed by atoms with E-state index in [2.05, 4.69) is 17.2 Å². The van der Waals surface area contributed by atoms with E-state index in [1.165, 1.54) is 0 Å². The van der Waals surface area contributed by atoms with Crippen LogP contribution in [0.3, 0.4) is 0 Å². The van der Waals surface area contributed by atoms with Crippen molar-refractivity contribution in [3.8, 4) is 0 Å². The summed E-state index contributed by atoms with van der Waals surface area (Å²) in [5.41, 5.74) is -1.43. The molecule has 2 heterocycles. The number of carbonyl (C=O) groups excluding carboxylic acids is 2. The zero-order valence-corrected chi connectivity index (χ0v) is 17.6. The average molecular weight is 463 g/mol. The third-order valence-corrected chi connectivity index (χ3v) is 6.33. The van der Waals surface area contributed by atoms with Gasteiger partial charge >= 0.3 is 0 Å².